The minimum atomic E-state index is -3.30. The SMILES string of the molecule is CC(C)S(=O)(=O)c1ccc(Cc2nnc(NC(=O)CCSc3ccccc3)o2)cc1. The third-order valence-corrected chi connectivity index (χ3v) is 7.47. The number of sulfone groups is 1. The standard InChI is InChI=1S/C21H23N3O4S2/c1-15(2)30(26,27)18-10-8-16(9-11-18)14-20-23-24-21(28-20)22-19(25)12-13-29-17-6-4-3-5-7-17/h3-11,15H,12-14H2,1-2H3,(H,22,24,25). The molecule has 0 unspecified atom stereocenters. The zero-order valence-corrected chi connectivity index (χ0v) is 18.4. The molecule has 158 valence electrons. The molecular formula is C21H23N3O4S2. The fraction of sp³-hybridized carbons (Fsp3) is 0.286. The first-order valence-electron chi connectivity index (χ1n) is 9.47. The Kier molecular flexibility index (Phi) is 7.28. The number of anilines is 1. The fourth-order valence-electron chi connectivity index (χ4n) is 2.58. The quantitative estimate of drug-likeness (QED) is 0.497. The maximum absolute atomic E-state index is 12.2. The number of thioether (sulfide) groups is 1. The maximum Gasteiger partial charge on any atom is 0.322 e. The number of carbonyl (C=O) groups is 1. The van der Waals surface area contributed by atoms with Crippen LogP contribution >= 0.6 is 11.8 Å². The Hall–Kier alpha value is -2.65. The Balaban J connectivity index is 1.50. The van der Waals surface area contributed by atoms with Gasteiger partial charge in [0.2, 0.25) is 11.8 Å². The molecule has 1 heterocycles. The van der Waals surface area contributed by atoms with E-state index in [1.165, 1.54) is 0 Å². The van der Waals surface area contributed by atoms with E-state index in [2.05, 4.69) is 15.5 Å². The first kappa shape index (κ1) is 22.0. The average molecular weight is 446 g/mol. The largest absolute Gasteiger partial charge is 0.407 e. The van der Waals surface area contributed by atoms with Crippen LogP contribution in [0.5, 0.6) is 0 Å². The highest BCUT2D eigenvalue weighted by Gasteiger charge is 2.19. The molecule has 0 aliphatic heterocycles. The summed E-state index contributed by atoms with van der Waals surface area (Å²) < 4.78 is 29.8. The number of nitrogens with zero attached hydrogens (tertiary/aromatic N) is 2. The second kappa shape index (κ2) is 9.90. The highest BCUT2D eigenvalue weighted by Crippen LogP contribution is 2.19. The molecule has 0 spiro atoms. The molecule has 0 fully saturated rings. The van der Waals surface area contributed by atoms with Crippen molar-refractivity contribution < 1.29 is 17.6 Å². The van der Waals surface area contributed by atoms with Crippen molar-refractivity contribution in [2.45, 2.75) is 41.7 Å². The second-order valence-electron chi connectivity index (χ2n) is 6.88. The Morgan fingerprint density at radius 1 is 1.07 bits per heavy atom. The van der Waals surface area contributed by atoms with Gasteiger partial charge in [0.25, 0.3) is 0 Å². The number of rotatable bonds is 9. The number of aromatic nitrogens is 2. The molecule has 30 heavy (non-hydrogen) atoms. The molecule has 3 aromatic rings. The van der Waals surface area contributed by atoms with Gasteiger partial charge in [0, 0.05) is 17.1 Å². The normalized spacial score (nSPS) is 11.6. The molecule has 0 atom stereocenters. The van der Waals surface area contributed by atoms with Gasteiger partial charge in [-0.1, -0.05) is 35.4 Å². The predicted molar refractivity (Wildman–Crippen MR) is 116 cm³/mol. The summed E-state index contributed by atoms with van der Waals surface area (Å²) in [4.78, 5) is 13.4. The predicted octanol–water partition coefficient (Wildman–Crippen LogP) is 3.96. The lowest BCUT2D eigenvalue weighted by atomic mass is 10.1. The van der Waals surface area contributed by atoms with Crippen molar-refractivity contribution in [3.05, 3.63) is 66.1 Å². The van der Waals surface area contributed by atoms with Gasteiger partial charge in [-0.15, -0.1) is 16.9 Å². The minimum Gasteiger partial charge on any atom is -0.407 e. The summed E-state index contributed by atoms with van der Waals surface area (Å²) in [5.41, 5.74) is 0.832. The molecule has 0 bridgehead atoms. The van der Waals surface area contributed by atoms with Gasteiger partial charge in [-0.25, -0.2) is 8.42 Å². The third kappa shape index (κ3) is 5.93. The molecule has 0 saturated carbocycles. The molecule has 1 N–H and O–H groups in total. The van der Waals surface area contributed by atoms with Gasteiger partial charge in [-0.2, -0.15) is 0 Å². The highest BCUT2D eigenvalue weighted by molar-refractivity contribution is 7.99. The van der Waals surface area contributed by atoms with E-state index in [4.69, 9.17) is 4.42 Å². The number of hydrogen-bond donors (Lipinski definition) is 1. The molecule has 0 radical (unpaired) electrons. The molecule has 9 heteroatoms. The van der Waals surface area contributed by atoms with Crippen LogP contribution in [0.1, 0.15) is 31.7 Å². The van der Waals surface area contributed by atoms with Gasteiger partial charge >= 0.3 is 6.01 Å². The van der Waals surface area contributed by atoms with Gasteiger partial charge in [0.1, 0.15) is 0 Å². The van der Waals surface area contributed by atoms with Crippen molar-refractivity contribution in [3.63, 3.8) is 0 Å². The zero-order valence-electron chi connectivity index (χ0n) is 16.7. The van der Waals surface area contributed by atoms with Crippen LogP contribution < -0.4 is 5.32 Å². The number of benzene rings is 2. The minimum absolute atomic E-state index is 0.0544. The monoisotopic (exact) mass is 445 g/mol. The summed E-state index contributed by atoms with van der Waals surface area (Å²) in [6.45, 7) is 3.30. The van der Waals surface area contributed by atoms with Gasteiger partial charge in [0.15, 0.2) is 9.84 Å². The van der Waals surface area contributed by atoms with Crippen molar-refractivity contribution in [2.24, 2.45) is 0 Å². The summed E-state index contributed by atoms with van der Waals surface area (Å²) in [5, 5.41) is 9.91. The van der Waals surface area contributed by atoms with Gasteiger partial charge in [0.05, 0.1) is 16.6 Å². The zero-order chi connectivity index (χ0) is 21.6. The van der Waals surface area contributed by atoms with Crippen LogP contribution in [0, 0.1) is 0 Å². The first-order chi connectivity index (χ1) is 14.3. The van der Waals surface area contributed by atoms with Gasteiger partial charge < -0.3 is 4.42 Å². The van der Waals surface area contributed by atoms with Crippen molar-refractivity contribution in [2.75, 3.05) is 11.1 Å². The van der Waals surface area contributed by atoms with Crippen molar-refractivity contribution in [1.82, 2.24) is 10.2 Å². The number of amides is 1. The topological polar surface area (TPSA) is 102 Å². The molecule has 0 saturated heterocycles. The van der Waals surface area contributed by atoms with E-state index in [0.29, 0.717) is 24.5 Å². The van der Waals surface area contributed by atoms with Crippen LogP contribution in [-0.4, -0.2) is 35.5 Å². The van der Waals surface area contributed by atoms with Crippen LogP contribution in [-0.2, 0) is 21.1 Å². The van der Waals surface area contributed by atoms with Crippen LogP contribution in [0.25, 0.3) is 0 Å². The molecule has 1 aromatic heterocycles. The van der Waals surface area contributed by atoms with Crippen LogP contribution in [0.4, 0.5) is 6.01 Å². The Bertz CT molecular complexity index is 1080. The lowest BCUT2D eigenvalue weighted by Crippen LogP contribution is -2.13. The number of carbonyl (C=O) groups excluding carboxylic acids is 1. The van der Waals surface area contributed by atoms with Crippen molar-refractivity contribution in [1.29, 1.82) is 0 Å². The summed E-state index contributed by atoms with van der Waals surface area (Å²) in [7, 11) is -3.30. The maximum atomic E-state index is 12.2. The van der Waals surface area contributed by atoms with E-state index in [1.807, 2.05) is 30.3 Å². The third-order valence-electron chi connectivity index (χ3n) is 4.28. The Morgan fingerprint density at radius 2 is 1.77 bits per heavy atom. The lowest BCUT2D eigenvalue weighted by molar-refractivity contribution is -0.115. The van der Waals surface area contributed by atoms with E-state index in [9.17, 15) is 13.2 Å². The second-order valence-corrected chi connectivity index (χ2v) is 10.5. The summed E-state index contributed by atoms with van der Waals surface area (Å²) >= 11 is 1.60. The molecule has 0 aliphatic rings. The van der Waals surface area contributed by atoms with E-state index >= 15 is 0 Å². The Labute approximate surface area is 180 Å². The van der Waals surface area contributed by atoms with Gasteiger partial charge in [-0.3, -0.25) is 10.1 Å². The molecule has 0 aliphatic carbocycles. The summed E-state index contributed by atoms with van der Waals surface area (Å²) in [5.74, 6) is 0.781. The van der Waals surface area contributed by atoms with Gasteiger partial charge in [-0.05, 0) is 43.7 Å². The van der Waals surface area contributed by atoms with Crippen LogP contribution in [0.3, 0.4) is 0 Å². The number of nitrogens with one attached hydrogen (secondary N) is 1. The Morgan fingerprint density at radius 3 is 2.43 bits per heavy atom. The van der Waals surface area contributed by atoms with Crippen LogP contribution in [0.15, 0.2) is 68.8 Å². The van der Waals surface area contributed by atoms with E-state index in [0.717, 1.165) is 10.5 Å². The molecular weight excluding hydrogens is 422 g/mol. The molecule has 1 amide bonds. The molecule has 3 rings (SSSR count). The molecule has 7 nitrogen and oxygen atoms in total. The van der Waals surface area contributed by atoms with E-state index in [-0.39, 0.29) is 16.8 Å². The van der Waals surface area contributed by atoms with E-state index in [1.54, 1.807) is 49.9 Å². The van der Waals surface area contributed by atoms with Crippen molar-refractivity contribution in [3.8, 4) is 0 Å². The smallest absolute Gasteiger partial charge is 0.322 e. The summed E-state index contributed by atoms with van der Waals surface area (Å²) in [6.07, 6.45) is 0.664. The summed E-state index contributed by atoms with van der Waals surface area (Å²) in [6, 6.07) is 16.5. The molecule has 2 aromatic carbocycles. The first-order valence-corrected chi connectivity index (χ1v) is 12.0. The highest BCUT2D eigenvalue weighted by atomic mass is 32.2. The van der Waals surface area contributed by atoms with Crippen molar-refractivity contribution >= 4 is 33.5 Å². The fourth-order valence-corrected chi connectivity index (χ4v) is 4.51. The number of hydrogen-bond acceptors (Lipinski definition) is 7. The van der Waals surface area contributed by atoms with Crippen LogP contribution in [0.2, 0.25) is 0 Å². The average Bonchev–Trinajstić information content (AvgIpc) is 3.15. The van der Waals surface area contributed by atoms with E-state index < -0.39 is 15.1 Å². The lowest BCUT2D eigenvalue weighted by Gasteiger charge is -2.08.